The number of anilines is 1. The Labute approximate surface area is 162 Å². The van der Waals surface area contributed by atoms with Gasteiger partial charge in [-0.2, -0.15) is 0 Å². The Kier molecular flexibility index (Phi) is 5.53. The third-order valence-electron chi connectivity index (χ3n) is 4.06. The zero-order valence-corrected chi connectivity index (χ0v) is 15.5. The number of hydrogen-bond acceptors (Lipinski definition) is 5. The Morgan fingerprint density at radius 2 is 1.56 bits per heavy atom. The van der Waals surface area contributed by atoms with Crippen molar-refractivity contribution in [2.75, 3.05) is 5.06 Å². The van der Waals surface area contributed by atoms with Crippen LogP contribution < -0.4 is 5.06 Å². The number of benzene rings is 2. The Hall–Kier alpha value is -3.02. The lowest BCUT2D eigenvalue weighted by Crippen LogP contribution is -2.23. The van der Waals surface area contributed by atoms with E-state index >= 15 is 0 Å². The lowest BCUT2D eigenvalue weighted by molar-refractivity contribution is 0.0889. The predicted molar refractivity (Wildman–Crippen MR) is 109 cm³/mol. The fourth-order valence-corrected chi connectivity index (χ4v) is 3.50. The molecular formula is C22H19N3OS. The molecule has 2 heterocycles. The van der Waals surface area contributed by atoms with E-state index in [-0.39, 0.29) is 0 Å². The molecule has 0 spiro atoms. The molecule has 0 aliphatic rings. The summed E-state index contributed by atoms with van der Waals surface area (Å²) in [7, 11) is 0. The number of pyridine rings is 1. The zero-order valence-electron chi connectivity index (χ0n) is 14.7. The molecule has 0 bridgehead atoms. The van der Waals surface area contributed by atoms with Gasteiger partial charge in [-0.25, -0.2) is 10.0 Å². The van der Waals surface area contributed by atoms with Gasteiger partial charge in [-0.1, -0.05) is 48.5 Å². The molecule has 2 aromatic heterocycles. The molecule has 0 aliphatic heterocycles. The van der Waals surface area contributed by atoms with Crippen molar-refractivity contribution in [3.63, 3.8) is 0 Å². The standard InChI is InChI=1S/C22H19N3OS/c1-3-7-19(8-4-1)22-24-20(17-27-22)16-26-25(21-9-5-2-6-10-21)15-18-11-13-23-14-12-18/h1-14,17H,15-16H2. The minimum atomic E-state index is 0.420. The minimum Gasteiger partial charge on any atom is -0.267 e. The molecule has 0 amide bonds. The number of hydrogen-bond donors (Lipinski definition) is 0. The highest BCUT2D eigenvalue weighted by molar-refractivity contribution is 7.13. The maximum atomic E-state index is 6.12. The molecule has 0 N–H and O–H groups in total. The van der Waals surface area contributed by atoms with Crippen LogP contribution in [0.3, 0.4) is 0 Å². The van der Waals surface area contributed by atoms with E-state index in [2.05, 4.69) is 22.5 Å². The topological polar surface area (TPSA) is 38.2 Å². The van der Waals surface area contributed by atoms with Crippen molar-refractivity contribution in [2.24, 2.45) is 0 Å². The monoisotopic (exact) mass is 373 g/mol. The average molecular weight is 373 g/mol. The average Bonchev–Trinajstić information content (AvgIpc) is 3.22. The lowest BCUT2D eigenvalue weighted by Gasteiger charge is -2.23. The van der Waals surface area contributed by atoms with Gasteiger partial charge < -0.3 is 0 Å². The zero-order chi connectivity index (χ0) is 18.3. The summed E-state index contributed by atoms with van der Waals surface area (Å²) < 4.78 is 0. The number of hydroxylamine groups is 1. The summed E-state index contributed by atoms with van der Waals surface area (Å²) in [5.41, 5.74) is 4.20. The molecule has 0 radical (unpaired) electrons. The van der Waals surface area contributed by atoms with Gasteiger partial charge in [0.2, 0.25) is 0 Å². The number of rotatable bonds is 7. The Balaban J connectivity index is 1.48. The molecular weight excluding hydrogens is 354 g/mol. The van der Waals surface area contributed by atoms with Gasteiger partial charge >= 0.3 is 0 Å². The smallest absolute Gasteiger partial charge is 0.123 e. The van der Waals surface area contributed by atoms with Gasteiger partial charge in [0.25, 0.3) is 0 Å². The van der Waals surface area contributed by atoms with Crippen molar-refractivity contribution in [2.45, 2.75) is 13.2 Å². The van der Waals surface area contributed by atoms with Crippen LogP contribution in [0.15, 0.2) is 90.6 Å². The Morgan fingerprint density at radius 3 is 2.30 bits per heavy atom. The summed E-state index contributed by atoms with van der Waals surface area (Å²) in [5.74, 6) is 0. The summed E-state index contributed by atoms with van der Waals surface area (Å²) in [6.45, 7) is 1.06. The van der Waals surface area contributed by atoms with Crippen LogP contribution in [0.5, 0.6) is 0 Å². The van der Waals surface area contributed by atoms with Gasteiger partial charge in [0.05, 0.1) is 17.9 Å². The minimum absolute atomic E-state index is 0.420. The van der Waals surface area contributed by atoms with Crippen molar-refractivity contribution in [1.29, 1.82) is 0 Å². The van der Waals surface area contributed by atoms with Gasteiger partial charge in [-0.3, -0.25) is 9.82 Å². The molecule has 27 heavy (non-hydrogen) atoms. The second kappa shape index (κ2) is 8.58. The van der Waals surface area contributed by atoms with Crippen LogP contribution in [-0.4, -0.2) is 9.97 Å². The van der Waals surface area contributed by atoms with Gasteiger partial charge in [0.15, 0.2) is 0 Å². The highest BCUT2D eigenvalue weighted by Crippen LogP contribution is 2.24. The van der Waals surface area contributed by atoms with E-state index in [0.717, 1.165) is 27.5 Å². The molecule has 0 unspecified atom stereocenters. The van der Waals surface area contributed by atoms with Crippen LogP contribution in [-0.2, 0) is 18.0 Å². The van der Waals surface area contributed by atoms with Crippen molar-refractivity contribution in [1.82, 2.24) is 9.97 Å². The molecule has 0 fully saturated rings. The van der Waals surface area contributed by atoms with Crippen molar-refractivity contribution >= 4 is 17.0 Å². The first kappa shape index (κ1) is 17.4. The quantitative estimate of drug-likeness (QED) is 0.410. The van der Waals surface area contributed by atoms with E-state index in [1.54, 1.807) is 23.7 Å². The summed E-state index contributed by atoms with van der Waals surface area (Å²) >= 11 is 1.64. The molecule has 0 saturated carbocycles. The molecule has 4 aromatic rings. The van der Waals surface area contributed by atoms with Gasteiger partial charge in [-0.15, -0.1) is 11.3 Å². The molecule has 4 rings (SSSR count). The van der Waals surface area contributed by atoms with Gasteiger partial charge in [-0.05, 0) is 29.8 Å². The summed E-state index contributed by atoms with van der Waals surface area (Å²) in [6.07, 6.45) is 3.59. The largest absolute Gasteiger partial charge is 0.267 e. The first-order valence-electron chi connectivity index (χ1n) is 8.73. The lowest BCUT2D eigenvalue weighted by atomic mass is 10.2. The molecule has 4 nitrogen and oxygen atoms in total. The van der Waals surface area contributed by atoms with E-state index in [1.807, 2.05) is 65.7 Å². The first-order chi connectivity index (χ1) is 13.4. The molecule has 0 atom stereocenters. The van der Waals surface area contributed by atoms with Crippen LogP contribution in [0.4, 0.5) is 5.69 Å². The highest BCUT2D eigenvalue weighted by atomic mass is 32.1. The SMILES string of the molecule is c1ccc(-c2nc(CON(Cc3ccncc3)c3ccccc3)cs2)cc1. The van der Waals surface area contributed by atoms with E-state index < -0.39 is 0 Å². The Morgan fingerprint density at radius 1 is 0.852 bits per heavy atom. The predicted octanol–water partition coefficient (Wildman–Crippen LogP) is 5.34. The maximum Gasteiger partial charge on any atom is 0.123 e. The fourth-order valence-electron chi connectivity index (χ4n) is 2.69. The number of para-hydroxylation sites is 1. The van der Waals surface area contributed by atoms with Gasteiger partial charge in [0, 0.05) is 23.3 Å². The number of nitrogens with zero attached hydrogens (tertiary/aromatic N) is 3. The molecule has 0 saturated heterocycles. The van der Waals surface area contributed by atoms with Crippen molar-refractivity contribution < 1.29 is 4.84 Å². The van der Waals surface area contributed by atoms with Crippen molar-refractivity contribution in [3.8, 4) is 10.6 Å². The fraction of sp³-hybridized carbons (Fsp3) is 0.0909. The highest BCUT2D eigenvalue weighted by Gasteiger charge is 2.11. The number of aromatic nitrogens is 2. The Bertz CT molecular complexity index is 959. The summed E-state index contributed by atoms with van der Waals surface area (Å²) in [4.78, 5) is 14.9. The summed E-state index contributed by atoms with van der Waals surface area (Å²) in [6, 6.07) is 24.3. The second-order valence-corrected chi connectivity index (χ2v) is 6.87. The van der Waals surface area contributed by atoms with Crippen LogP contribution in [0.1, 0.15) is 11.3 Å². The van der Waals surface area contributed by atoms with Crippen LogP contribution in [0, 0.1) is 0 Å². The summed E-state index contributed by atoms with van der Waals surface area (Å²) in [5, 5.41) is 4.96. The van der Waals surface area contributed by atoms with Crippen LogP contribution >= 0.6 is 11.3 Å². The van der Waals surface area contributed by atoms with Crippen molar-refractivity contribution in [3.05, 3.63) is 102 Å². The van der Waals surface area contributed by atoms with Crippen LogP contribution in [0.25, 0.3) is 10.6 Å². The molecule has 0 aliphatic carbocycles. The molecule has 2 aromatic carbocycles. The van der Waals surface area contributed by atoms with E-state index in [1.165, 1.54) is 0 Å². The number of thiazole rings is 1. The normalized spacial score (nSPS) is 10.7. The van der Waals surface area contributed by atoms with E-state index in [9.17, 15) is 0 Å². The molecule has 5 heteroatoms. The maximum absolute atomic E-state index is 6.12. The first-order valence-corrected chi connectivity index (χ1v) is 9.61. The third-order valence-corrected chi connectivity index (χ3v) is 5.00. The molecule has 134 valence electrons. The second-order valence-electron chi connectivity index (χ2n) is 6.01. The van der Waals surface area contributed by atoms with Crippen LogP contribution in [0.2, 0.25) is 0 Å². The third kappa shape index (κ3) is 4.58. The van der Waals surface area contributed by atoms with Gasteiger partial charge in [0.1, 0.15) is 11.6 Å². The van der Waals surface area contributed by atoms with E-state index in [4.69, 9.17) is 9.82 Å². The van der Waals surface area contributed by atoms with E-state index in [0.29, 0.717) is 13.2 Å².